The van der Waals surface area contributed by atoms with Crippen molar-refractivity contribution in [2.24, 2.45) is 0 Å². The quantitative estimate of drug-likeness (QED) is 0.542. The summed E-state index contributed by atoms with van der Waals surface area (Å²) < 4.78 is 58.9. The molecule has 1 amide bonds. The Hall–Kier alpha value is -2.17. The Morgan fingerprint density at radius 3 is 2.37 bits per heavy atom. The molecule has 0 spiro atoms. The monoisotopic (exact) mass is 458 g/mol. The molecule has 0 unspecified atom stereocenters. The molecule has 0 atom stereocenters. The van der Waals surface area contributed by atoms with Crippen LogP contribution in [0.5, 0.6) is 5.75 Å². The third kappa shape index (κ3) is 5.93. The SMILES string of the molecule is CCOc1ccc(NC(=O)CSc2ccc(F)c(F)c2)cc1S(=O)(=O)N(CC)CC. The fourth-order valence-electron chi connectivity index (χ4n) is 2.68. The highest BCUT2D eigenvalue weighted by Crippen LogP contribution is 2.30. The summed E-state index contributed by atoms with van der Waals surface area (Å²) in [4.78, 5) is 12.6. The normalized spacial score (nSPS) is 11.5. The number of anilines is 1. The molecule has 0 aliphatic carbocycles. The molecule has 0 aliphatic rings. The van der Waals surface area contributed by atoms with Crippen molar-refractivity contribution in [1.82, 2.24) is 4.31 Å². The van der Waals surface area contributed by atoms with Gasteiger partial charge < -0.3 is 10.1 Å². The van der Waals surface area contributed by atoms with Crippen molar-refractivity contribution >= 4 is 33.4 Å². The predicted molar refractivity (Wildman–Crippen MR) is 113 cm³/mol. The number of hydrogen-bond donors (Lipinski definition) is 1. The molecule has 0 saturated carbocycles. The molecule has 0 radical (unpaired) electrons. The molecule has 0 fully saturated rings. The maximum atomic E-state index is 13.3. The number of hydrogen-bond acceptors (Lipinski definition) is 5. The summed E-state index contributed by atoms with van der Waals surface area (Å²) in [5, 5.41) is 2.63. The van der Waals surface area contributed by atoms with Crippen LogP contribution in [0.15, 0.2) is 46.2 Å². The average molecular weight is 459 g/mol. The van der Waals surface area contributed by atoms with Crippen LogP contribution in [0.4, 0.5) is 14.5 Å². The van der Waals surface area contributed by atoms with E-state index in [-0.39, 0.29) is 23.0 Å². The molecular formula is C20H24F2N2O4S2. The Balaban J connectivity index is 2.19. The number of halogens is 2. The van der Waals surface area contributed by atoms with Crippen molar-refractivity contribution in [3.8, 4) is 5.75 Å². The Kier molecular flexibility index (Phi) is 8.63. The third-order valence-corrected chi connectivity index (χ3v) is 7.18. The van der Waals surface area contributed by atoms with Gasteiger partial charge in [0.2, 0.25) is 15.9 Å². The van der Waals surface area contributed by atoms with Gasteiger partial charge in [-0.25, -0.2) is 17.2 Å². The van der Waals surface area contributed by atoms with Crippen molar-refractivity contribution in [1.29, 1.82) is 0 Å². The van der Waals surface area contributed by atoms with Crippen LogP contribution >= 0.6 is 11.8 Å². The van der Waals surface area contributed by atoms with E-state index in [1.165, 1.54) is 22.5 Å². The van der Waals surface area contributed by atoms with Gasteiger partial charge in [0, 0.05) is 23.7 Å². The van der Waals surface area contributed by atoms with Gasteiger partial charge in [0.1, 0.15) is 10.6 Å². The van der Waals surface area contributed by atoms with E-state index in [0.29, 0.717) is 23.7 Å². The highest BCUT2D eigenvalue weighted by atomic mass is 32.2. The van der Waals surface area contributed by atoms with E-state index in [1.807, 2.05) is 0 Å². The molecule has 30 heavy (non-hydrogen) atoms. The fourth-order valence-corrected chi connectivity index (χ4v) is 5.01. The number of thioether (sulfide) groups is 1. The molecule has 6 nitrogen and oxygen atoms in total. The van der Waals surface area contributed by atoms with Gasteiger partial charge >= 0.3 is 0 Å². The number of nitrogens with one attached hydrogen (secondary N) is 1. The molecule has 1 N–H and O–H groups in total. The minimum Gasteiger partial charge on any atom is -0.492 e. The molecule has 0 bridgehead atoms. The van der Waals surface area contributed by atoms with Crippen molar-refractivity contribution in [3.63, 3.8) is 0 Å². The smallest absolute Gasteiger partial charge is 0.246 e. The summed E-state index contributed by atoms with van der Waals surface area (Å²) in [5.41, 5.74) is 0.292. The number of carbonyl (C=O) groups is 1. The molecule has 0 aromatic heterocycles. The zero-order chi connectivity index (χ0) is 22.3. The van der Waals surface area contributed by atoms with Crippen LogP contribution in [0, 0.1) is 11.6 Å². The van der Waals surface area contributed by atoms with E-state index in [2.05, 4.69) is 5.32 Å². The molecule has 2 aromatic carbocycles. The lowest BCUT2D eigenvalue weighted by Crippen LogP contribution is -2.31. The topological polar surface area (TPSA) is 75.7 Å². The summed E-state index contributed by atoms with van der Waals surface area (Å²) in [6, 6.07) is 7.79. The number of rotatable bonds is 10. The number of benzene rings is 2. The highest BCUT2D eigenvalue weighted by molar-refractivity contribution is 8.00. The van der Waals surface area contributed by atoms with Gasteiger partial charge in [0.25, 0.3) is 0 Å². The molecule has 0 saturated heterocycles. The molecule has 0 heterocycles. The van der Waals surface area contributed by atoms with E-state index in [1.54, 1.807) is 26.8 Å². The average Bonchev–Trinajstić information content (AvgIpc) is 2.71. The van der Waals surface area contributed by atoms with Gasteiger partial charge in [0.15, 0.2) is 11.6 Å². The second-order valence-corrected chi connectivity index (χ2v) is 9.05. The maximum Gasteiger partial charge on any atom is 0.246 e. The summed E-state index contributed by atoms with van der Waals surface area (Å²) in [6.07, 6.45) is 0. The highest BCUT2D eigenvalue weighted by Gasteiger charge is 2.26. The van der Waals surface area contributed by atoms with Gasteiger partial charge in [-0.3, -0.25) is 4.79 Å². The van der Waals surface area contributed by atoms with E-state index >= 15 is 0 Å². The molecule has 2 aromatic rings. The molecular weight excluding hydrogens is 434 g/mol. The van der Waals surface area contributed by atoms with E-state index in [9.17, 15) is 22.0 Å². The van der Waals surface area contributed by atoms with Crippen LogP contribution in [-0.2, 0) is 14.8 Å². The summed E-state index contributed by atoms with van der Waals surface area (Å²) >= 11 is 1.03. The summed E-state index contributed by atoms with van der Waals surface area (Å²) in [7, 11) is -3.80. The Bertz CT molecular complexity index is 996. The van der Waals surface area contributed by atoms with Crippen LogP contribution in [0.3, 0.4) is 0 Å². The first-order valence-corrected chi connectivity index (χ1v) is 11.8. The maximum absolute atomic E-state index is 13.3. The van der Waals surface area contributed by atoms with E-state index < -0.39 is 27.6 Å². The number of ether oxygens (including phenoxy) is 1. The third-order valence-electron chi connectivity index (χ3n) is 4.11. The van der Waals surface area contributed by atoms with E-state index in [0.717, 1.165) is 23.9 Å². The standard InChI is InChI=1S/C20H24F2N2O4S2/c1-4-24(5-2)30(26,27)19-11-14(7-10-18(19)28-6-3)23-20(25)13-29-15-8-9-16(21)17(22)12-15/h7-12H,4-6,13H2,1-3H3,(H,23,25). The minimum absolute atomic E-state index is 0.0286. The first-order chi connectivity index (χ1) is 14.2. The van der Waals surface area contributed by atoms with Crippen LogP contribution in [0.25, 0.3) is 0 Å². The molecule has 164 valence electrons. The van der Waals surface area contributed by atoms with Crippen molar-refractivity contribution in [2.75, 3.05) is 30.8 Å². The zero-order valence-electron chi connectivity index (χ0n) is 16.9. The second-order valence-electron chi connectivity index (χ2n) is 6.10. The van der Waals surface area contributed by atoms with Crippen molar-refractivity contribution in [2.45, 2.75) is 30.6 Å². The van der Waals surface area contributed by atoms with Crippen molar-refractivity contribution in [3.05, 3.63) is 48.0 Å². The lowest BCUT2D eigenvalue weighted by molar-refractivity contribution is -0.113. The number of sulfonamides is 1. The van der Waals surface area contributed by atoms with Crippen molar-refractivity contribution < 1.29 is 26.7 Å². The van der Waals surface area contributed by atoms with Gasteiger partial charge in [-0.05, 0) is 43.3 Å². The first kappa shape index (κ1) is 24.1. The van der Waals surface area contributed by atoms with Crippen LogP contribution in [-0.4, -0.2) is 44.1 Å². The van der Waals surface area contributed by atoms with Crippen LogP contribution in [0.2, 0.25) is 0 Å². The second kappa shape index (κ2) is 10.7. The minimum atomic E-state index is -3.80. The summed E-state index contributed by atoms with van der Waals surface area (Å²) in [5.74, 6) is -2.21. The lowest BCUT2D eigenvalue weighted by atomic mass is 10.3. The largest absolute Gasteiger partial charge is 0.492 e. The van der Waals surface area contributed by atoms with Gasteiger partial charge in [-0.15, -0.1) is 11.8 Å². The predicted octanol–water partition coefficient (Wildman–Crippen LogP) is 4.12. The van der Waals surface area contributed by atoms with Gasteiger partial charge in [0.05, 0.1) is 12.4 Å². The number of nitrogens with zero attached hydrogens (tertiary/aromatic N) is 1. The van der Waals surface area contributed by atoms with Gasteiger partial charge in [-0.1, -0.05) is 13.8 Å². The first-order valence-electron chi connectivity index (χ1n) is 9.37. The van der Waals surface area contributed by atoms with Crippen LogP contribution < -0.4 is 10.1 Å². The Morgan fingerprint density at radius 2 is 1.77 bits per heavy atom. The van der Waals surface area contributed by atoms with Crippen LogP contribution in [0.1, 0.15) is 20.8 Å². The zero-order valence-corrected chi connectivity index (χ0v) is 18.6. The number of carbonyl (C=O) groups excluding carboxylic acids is 1. The molecule has 10 heteroatoms. The fraction of sp³-hybridized carbons (Fsp3) is 0.350. The number of amides is 1. The van der Waals surface area contributed by atoms with E-state index in [4.69, 9.17) is 4.74 Å². The Morgan fingerprint density at radius 1 is 1.07 bits per heavy atom. The lowest BCUT2D eigenvalue weighted by Gasteiger charge is -2.21. The molecule has 0 aliphatic heterocycles. The van der Waals surface area contributed by atoms with Gasteiger partial charge in [-0.2, -0.15) is 4.31 Å². The Labute approximate surface area is 179 Å². The summed E-state index contributed by atoms with van der Waals surface area (Å²) in [6.45, 7) is 6.11. The molecule has 2 rings (SSSR count).